The summed E-state index contributed by atoms with van der Waals surface area (Å²) in [5.41, 5.74) is 0.442. The molecule has 4 nitrogen and oxygen atoms in total. The number of hydrogen-bond acceptors (Lipinski definition) is 4. The van der Waals surface area contributed by atoms with Crippen LogP contribution in [0.4, 0.5) is 0 Å². The number of ether oxygens (including phenoxy) is 1. The lowest BCUT2D eigenvalue weighted by atomic mass is 9.71. The fraction of sp³-hybridized carbons (Fsp3) is 0.529. The summed E-state index contributed by atoms with van der Waals surface area (Å²) in [5, 5.41) is 4.03. The third-order valence-corrected chi connectivity index (χ3v) is 4.21. The second kappa shape index (κ2) is 7.25. The van der Waals surface area contributed by atoms with Gasteiger partial charge in [0.15, 0.2) is 0 Å². The Bertz CT molecular complexity index is 476. The van der Waals surface area contributed by atoms with Crippen LogP contribution < -0.4 is 0 Å². The van der Waals surface area contributed by atoms with Gasteiger partial charge in [-0.05, 0) is 37.2 Å². The molecule has 0 heterocycles. The normalized spacial score (nSPS) is 25.7. The zero-order valence-electron chi connectivity index (χ0n) is 12.7. The molecule has 0 unspecified atom stereocenters. The van der Waals surface area contributed by atoms with Crippen LogP contribution in [0.5, 0.6) is 0 Å². The lowest BCUT2D eigenvalue weighted by Gasteiger charge is -2.33. The maximum absolute atomic E-state index is 12.1. The predicted molar refractivity (Wildman–Crippen MR) is 81.8 cm³/mol. The third-order valence-electron chi connectivity index (χ3n) is 4.21. The van der Waals surface area contributed by atoms with Crippen LogP contribution in [0, 0.1) is 11.3 Å². The van der Waals surface area contributed by atoms with Gasteiger partial charge in [-0.25, -0.2) is 0 Å². The van der Waals surface area contributed by atoms with E-state index in [9.17, 15) is 4.79 Å². The summed E-state index contributed by atoms with van der Waals surface area (Å²) in [4.78, 5) is 17.4. The van der Waals surface area contributed by atoms with Gasteiger partial charge in [0, 0.05) is 0 Å². The molecule has 4 heteroatoms. The van der Waals surface area contributed by atoms with Crippen LogP contribution in [0.15, 0.2) is 35.5 Å². The van der Waals surface area contributed by atoms with Gasteiger partial charge in [-0.1, -0.05) is 42.4 Å². The van der Waals surface area contributed by atoms with Gasteiger partial charge in [-0.15, -0.1) is 0 Å². The SMILES string of the molecule is COC(=O)[C@]1(C=NOCc2ccccc2)CC[C@H](C)CC1. The first-order valence-electron chi connectivity index (χ1n) is 7.45. The number of hydrogen-bond donors (Lipinski definition) is 0. The Balaban J connectivity index is 1.95. The number of carbonyl (C=O) groups excluding carboxylic acids is 1. The first kappa shape index (κ1) is 15.5. The van der Waals surface area contributed by atoms with Crippen LogP contribution in [-0.2, 0) is 21.0 Å². The molecule has 2 rings (SSSR count). The molecular weight excluding hydrogens is 266 g/mol. The van der Waals surface area contributed by atoms with E-state index in [1.807, 2.05) is 30.3 Å². The van der Waals surface area contributed by atoms with Gasteiger partial charge in [-0.3, -0.25) is 4.79 Å². The van der Waals surface area contributed by atoms with Crippen molar-refractivity contribution in [3.05, 3.63) is 35.9 Å². The lowest BCUT2D eigenvalue weighted by molar-refractivity contribution is -0.150. The minimum Gasteiger partial charge on any atom is -0.468 e. The summed E-state index contributed by atoms with van der Waals surface area (Å²) in [6, 6.07) is 9.84. The Labute approximate surface area is 126 Å². The minimum atomic E-state index is -0.613. The summed E-state index contributed by atoms with van der Waals surface area (Å²) >= 11 is 0. The molecule has 0 aromatic heterocycles. The van der Waals surface area contributed by atoms with E-state index in [4.69, 9.17) is 9.57 Å². The van der Waals surface area contributed by atoms with Crippen LogP contribution in [0.1, 0.15) is 38.2 Å². The van der Waals surface area contributed by atoms with Gasteiger partial charge in [0.2, 0.25) is 0 Å². The van der Waals surface area contributed by atoms with Crippen molar-refractivity contribution in [2.45, 2.75) is 39.2 Å². The van der Waals surface area contributed by atoms with E-state index in [1.165, 1.54) is 7.11 Å². The Morgan fingerprint density at radius 2 is 2.00 bits per heavy atom. The average Bonchev–Trinajstić information content (AvgIpc) is 2.54. The van der Waals surface area contributed by atoms with E-state index in [-0.39, 0.29) is 5.97 Å². The van der Waals surface area contributed by atoms with Gasteiger partial charge >= 0.3 is 5.97 Å². The monoisotopic (exact) mass is 289 g/mol. The molecule has 0 bridgehead atoms. The zero-order valence-corrected chi connectivity index (χ0v) is 12.7. The fourth-order valence-electron chi connectivity index (χ4n) is 2.69. The van der Waals surface area contributed by atoms with Crippen molar-refractivity contribution in [2.75, 3.05) is 7.11 Å². The molecule has 0 aliphatic heterocycles. The Hall–Kier alpha value is -1.84. The standard InChI is InChI=1S/C17H23NO3/c1-14-8-10-17(11-9-14,16(19)20-2)13-18-21-12-15-6-4-3-5-7-15/h3-7,13-14H,8-12H2,1-2H3/t14-,17+. The van der Waals surface area contributed by atoms with E-state index < -0.39 is 5.41 Å². The van der Waals surface area contributed by atoms with Crippen LogP contribution in [0.2, 0.25) is 0 Å². The highest BCUT2D eigenvalue weighted by molar-refractivity contribution is 5.95. The van der Waals surface area contributed by atoms with Gasteiger partial charge < -0.3 is 9.57 Å². The highest BCUT2D eigenvalue weighted by Gasteiger charge is 2.41. The summed E-state index contributed by atoms with van der Waals surface area (Å²) in [6.45, 7) is 2.62. The van der Waals surface area contributed by atoms with E-state index in [1.54, 1.807) is 6.21 Å². The summed E-state index contributed by atoms with van der Waals surface area (Å²) in [5.74, 6) is 0.447. The number of esters is 1. The molecule has 1 aliphatic rings. The fourth-order valence-corrected chi connectivity index (χ4v) is 2.69. The number of carbonyl (C=O) groups is 1. The highest BCUT2D eigenvalue weighted by Crippen LogP contribution is 2.38. The molecule has 1 saturated carbocycles. The Kier molecular flexibility index (Phi) is 5.37. The maximum atomic E-state index is 12.1. The molecule has 21 heavy (non-hydrogen) atoms. The number of nitrogens with zero attached hydrogens (tertiary/aromatic N) is 1. The second-order valence-corrected chi connectivity index (χ2v) is 5.82. The van der Waals surface area contributed by atoms with Crippen molar-refractivity contribution in [3.8, 4) is 0 Å². The lowest BCUT2D eigenvalue weighted by Crippen LogP contribution is -2.37. The van der Waals surface area contributed by atoms with Crippen LogP contribution in [-0.4, -0.2) is 19.3 Å². The highest BCUT2D eigenvalue weighted by atomic mass is 16.6. The Morgan fingerprint density at radius 3 is 2.62 bits per heavy atom. The van der Waals surface area contributed by atoms with Crippen molar-refractivity contribution < 1.29 is 14.4 Å². The largest absolute Gasteiger partial charge is 0.468 e. The molecule has 1 aromatic carbocycles. The molecule has 0 spiro atoms. The third kappa shape index (κ3) is 4.06. The first-order chi connectivity index (χ1) is 10.2. The van der Waals surface area contributed by atoms with E-state index in [0.717, 1.165) is 31.2 Å². The number of methoxy groups -OCH3 is 1. The van der Waals surface area contributed by atoms with Crippen LogP contribution >= 0.6 is 0 Å². The summed E-state index contributed by atoms with van der Waals surface area (Å²) < 4.78 is 4.96. The molecule has 1 fully saturated rings. The van der Waals surface area contributed by atoms with Crippen molar-refractivity contribution in [3.63, 3.8) is 0 Å². The van der Waals surface area contributed by atoms with Crippen molar-refractivity contribution in [2.24, 2.45) is 16.5 Å². The molecule has 0 saturated heterocycles. The molecular formula is C17H23NO3. The number of benzene rings is 1. The topological polar surface area (TPSA) is 47.9 Å². The van der Waals surface area contributed by atoms with Gasteiger partial charge in [0.1, 0.15) is 12.0 Å². The number of rotatable bonds is 5. The van der Waals surface area contributed by atoms with E-state index >= 15 is 0 Å². The quantitative estimate of drug-likeness (QED) is 0.473. The minimum absolute atomic E-state index is 0.207. The smallest absolute Gasteiger partial charge is 0.317 e. The molecule has 1 aromatic rings. The molecule has 0 N–H and O–H groups in total. The molecule has 0 amide bonds. The van der Waals surface area contributed by atoms with Gasteiger partial charge in [-0.2, -0.15) is 0 Å². The summed E-state index contributed by atoms with van der Waals surface area (Å²) in [6.07, 6.45) is 5.23. The van der Waals surface area contributed by atoms with Crippen LogP contribution in [0.3, 0.4) is 0 Å². The van der Waals surface area contributed by atoms with Gasteiger partial charge in [0.05, 0.1) is 13.3 Å². The molecule has 0 atom stereocenters. The summed E-state index contributed by atoms with van der Waals surface area (Å²) in [7, 11) is 1.43. The van der Waals surface area contributed by atoms with Crippen molar-refractivity contribution in [1.82, 2.24) is 0 Å². The Morgan fingerprint density at radius 1 is 1.33 bits per heavy atom. The molecule has 114 valence electrons. The zero-order chi connectivity index (χ0) is 15.1. The van der Waals surface area contributed by atoms with Gasteiger partial charge in [0.25, 0.3) is 0 Å². The van der Waals surface area contributed by atoms with Crippen LogP contribution in [0.25, 0.3) is 0 Å². The number of oxime groups is 1. The molecule has 1 aliphatic carbocycles. The van der Waals surface area contributed by atoms with Crippen molar-refractivity contribution >= 4 is 12.2 Å². The maximum Gasteiger partial charge on any atom is 0.317 e. The van der Waals surface area contributed by atoms with E-state index in [0.29, 0.717) is 12.5 Å². The van der Waals surface area contributed by atoms with Crippen molar-refractivity contribution in [1.29, 1.82) is 0 Å². The second-order valence-electron chi connectivity index (χ2n) is 5.82. The predicted octanol–water partition coefficient (Wildman–Crippen LogP) is 3.56. The first-order valence-corrected chi connectivity index (χ1v) is 7.45. The average molecular weight is 289 g/mol. The van der Waals surface area contributed by atoms with E-state index in [2.05, 4.69) is 12.1 Å². The molecule has 0 radical (unpaired) electrons.